The third-order valence-corrected chi connectivity index (χ3v) is 2.75. The minimum Gasteiger partial charge on any atom is -0.393 e. The summed E-state index contributed by atoms with van der Waals surface area (Å²) in [5.41, 5.74) is 1.15. The summed E-state index contributed by atoms with van der Waals surface area (Å²) in [4.78, 5) is 0. The van der Waals surface area contributed by atoms with Crippen molar-refractivity contribution in [1.82, 2.24) is 0 Å². The molecule has 0 aromatic heterocycles. The normalized spacial score (nSPS) is 27.8. The monoisotopic (exact) mass is 180 g/mol. The van der Waals surface area contributed by atoms with Crippen molar-refractivity contribution >= 4 is 0 Å². The van der Waals surface area contributed by atoms with Crippen LogP contribution in [0.25, 0.3) is 0 Å². The topological polar surface area (TPSA) is 20.2 Å². The zero-order valence-electron chi connectivity index (χ0n) is 7.41. The maximum absolute atomic E-state index is 12.6. The molecule has 0 aliphatic heterocycles. The molecule has 70 valence electrons. The predicted octanol–water partition coefficient (Wildman–Crippen LogP) is 2.45. The number of benzene rings is 1. The second-order valence-corrected chi connectivity index (χ2v) is 3.72. The summed E-state index contributed by atoms with van der Waals surface area (Å²) in [6, 6.07) is 6.61. The highest BCUT2D eigenvalue weighted by molar-refractivity contribution is 5.21. The van der Waals surface area contributed by atoms with E-state index in [1.807, 2.05) is 12.1 Å². The number of aliphatic hydroxyl groups excluding tert-OH is 1. The fourth-order valence-corrected chi connectivity index (χ4v) is 2.00. The molecule has 0 spiro atoms. The molecule has 0 amide bonds. The van der Waals surface area contributed by atoms with Crippen LogP contribution in [-0.4, -0.2) is 11.2 Å². The lowest BCUT2D eigenvalue weighted by atomic mass is 9.98. The van der Waals surface area contributed by atoms with Gasteiger partial charge in [0.05, 0.1) is 6.10 Å². The molecule has 2 rings (SSSR count). The van der Waals surface area contributed by atoms with Crippen molar-refractivity contribution < 1.29 is 9.50 Å². The molecule has 1 nitrogen and oxygen atoms in total. The van der Waals surface area contributed by atoms with Gasteiger partial charge in [-0.3, -0.25) is 0 Å². The van der Waals surface area contributed by atoms with Crippen molar-refractivity contribution in [3.05, 3.63) is 35.6 Å². The molecular formula is C11H13FO. The second kappa shape index (κ2) is 3.46. The van der Waals surface area contributed by atoms with E-state index in [2.05, 4.69) is 0 Å². The van der Waals surface area contributed by atoms with Crippen molar-refractivity contribution in [2.45, 2.75) is 31.3 Å². The first-order chi connectivity index (χ1) is 6.25. The largest absolute Gasteiger partial charge is 0.393 e. The molecule has 1 aromatic carbocycles. The minimum absolute atomic E-state index is 0.157. The van der Waals surface area contributed by atoms with E-state index in [1.54, 1.807) is 0 Å². The number of hydrogen-bond donors (Lipinski definition) is 1. The van der Waals surface area contributed by atoms with Crippen LogP contribution in [0.1, 0.15) is 30.7 Å². The third kappa shape index (κ3) is 1.89. The molecule has 1 aliphatic carbocycles. The third-order valence-electron chi connectivity index (χ3n) is 2.75. The first-order valence-corrected chi connectivity index (χ1v) is 4.69. The van der Waals surface area contributed by atoms with Crippen LogP contribution < -0.4 is 0 Å². The summed E-state index contributed by atoms with van der Waals surface area (Å²) in [5.74, 6) is 0.234. The van der Waals surface area contributed by atoms with Gasteiger partial charge in [-0.15, -0.1) is 0 Å². The van der Waals surface area contributed by atoms with Gasteiger partial charge in [0, 0.05) is 0 Å². The first kappa shape index (κ1) is 8.70. The van der Waals surface area contributed by atoms with Gasteiger partial charge in [0.15, 0.2) is 0 Å². The van der Waals surface area contributed by atoms with Gasteiger partial charge < -0.3 is 5.11 Å². The fourth-order valence-electron chi connectivity index (χ4n) is 2.00. The zero-order valence-corrected chi connectivity index (χ0v) is 7.41. The van der Waals surface area contributed by atoms with Crippen LogP contribution in [-0.2, 0) is 0 Å². The van der Waals surface area contributed by atoms with Crippen LogP contribution >= 0.6 is 0 Å². The van der Waals surface area contributed by atoms with Crippen LogP contribution in [0.4, 0.5) is 4.39 Å². The van der Waals surface area contributed by atoms with E-state index < -0.39 is 0 Å². The van der Waals surface area contributed by atoms with Crippen molar-refractivity contribution in [2.75, 3.05) is 0 Å². The summed E-state index contributed by atoms with van der Waals surface area (Å²) in [5, 5.41) is 9.34. The Bertz CT molecular complexity index is 281. The molecule has 1 saturated carbocycles. The Morgan fingerprint density at radius 2 is 1.85 bits per heavy atom. The number of halogens is 1. The van der Waals surface area contributed by atoms with E-state index in [4.69, 9.17) is 0 Å². The maximum atomic E-state index is 12.6. The lowest BCUT2D eigenvalue weighted by Crippen LogP contribution is -1.99. The van der Waals surface area contributed by atoms with Gasteiger partial charge in [-0.05, 0) is 42.9 Å². The standard InChI is InChI=1S/C11H13FO/c12-10-4-1-8(2-5-10)9-3-6-11(13)7-9/h1-2,4-5,9,11,13H,3,6-7H2/t9-,11+/m1/s1. The van der Waals surface area contributed by atoms with E-state index >= 15 is 0 Å². The van der Waals surface area contributed by atoms with E-state index in [9.17, 15) is 9.50 Å². The minimum atomic E-state index is -0.192. The zero-order chi connectivity index (χ0) is 9.26. The molecule has 2 heteroatoms. The molecule has 0 radical (unpaired) electrons. The van der Waals surface area contributed by atoms with Crippen LogP contribution in [0.3, 0.4) is 0 Å². The van der Waals surface area contributed by atoms with E-state index in [0.717, 1.165) is 24.8 Å². The average Bonchev–Trinajstić information content (AvgIpc) is 2.53. The molecule has 2 atom stereocenters. The highest BCUT2D eigenvalue weighted by Crippen LogP contribution is 2.34. The van der Waals surface area contributed by atoms with Crippen molar-refractivity contribution in [1.29, 1.82) is 0 Å². The Labute approximate surface area is 77.2 Å². The summed E-state index contributed by atoms with van der Waals surface area (Å²) < 4.78 is 12.6. The fraction of sp³-hybridized carbons (Fsp3) is 0.455. The summed E-state index contributed by atoms with van der Waals surface area (Å²) in [6.07, 6.45) is 2.57. The first-order valence-electron chi connectivity index (χ1n) is 4.69. The Kier molecular flexibility index (Phi) is 2.32. The molecular weight excluding hydrogens is 167 g/mol. The Hall–Kier alpha value is -0.890. The molecule has 1 aromatic rings. The molecule has 0 saturated heterocycles. The Morgan fingerprint density at radius 3 is 2.38 bits per heavy atom. The Balaban J connectivity index is 2.13. The molecule has 0 heterocycles. The van der Waals surface area contributed by atoms with Gasteiger partial charge in [0.1, 0.15) is 5.82 Å². The molecule has 0 unspecified atom stereocenters. The lowest BCUT2D eigenvalue weighted by molar-refractivity contribution is 0.181. The Morgan fingerprint density at radius 1 is 1.15 bits per heavy atom. The van der Waals surface area contributed by atoms with Gasteiger partial charge >= 0.3 is 0 Å². The van der Waals surface area contributed by atoms with Crippen LogP contribution in [0.15, 0.2) is 24.3 Å². The van der Waals surface area contributed by atoms with E-state index in [0.29, 0.717) is 5.92 Å². The molecule has 1 N–H and O–H groups in total. The molecule has 1 aliphatic rings. The summed E-state index contributed by atoms with van der Waals surface area (Å²) in [6.45, 7) is 0. The van der Waals surface area contributed by atoms with Crippen molar-refractivity contribution in [3.63, 3.8) is 0 Å². The SMILES string of the molecule is O[C@H]1CC[C@@H](c2ccc(F)cc2)C1. The van der Waals surface area contributed by atoms with Crippen molar-refractivity contribution in [2.24, 2.45) is 0 Å². The van der Waals surface area contributed by atoms with E-state index in [1.165, 1.54) is 12.1 Å². The van der Waals surface area contributed by atoms with Crippen LogP contribution in [0, 0.1) is 5.82 Å². The number of aliphatic hydroxyl groups is 1. The smallest absolute Gasteiger partial charge is 0.123 e. The second-order valence-electron chi connectivity index (χ2n) is 3.72. The summed E-state index contributed by atoms with van der Waals surface area (Å²) >= 11 is 0. The van der Waals surface area contributed by atoms with Crippen LogP contribution in [0.5, 0.6) is 0 Å². The number of rotatable bonds is 1. The lowest BCUT2D eigenvalue weighted by Gasteiger charge is -2.08. The highest BCUT2D eigenvalue weighted by atomic mass is 19.1. The van der Waals surface area contributed by atoms with Crippen molar-refractivity contribution in [3.8, 4) is 0 Å². The van der Waals surface area contributed by atoms with Gasteiger partial charge in [0.2, 0.25) is 0 Å². The van der Waals surface area contributed by atoms with Gasteiger partial charge in [-0.1, -0.05) is 12.1 Å². The molecule has 13 heavy (non-hydrogen) atoms. The van der Waals surface area contributed by atoms with Gasteiger partial charge in [0.25, 0.3) is 0 Å². The van der Waals surface area contributed by atoms with Gasteiger partial charge in [-0.25, -0.2) is 4.39 Å². The molecule has 0 bridgehead atoms. The van der Waals surface area contributed by atoms with E-state index in [-0.39, 0.29) is 11.9 Å². The highest BCUT2D eigenvalue weighted by Gasteiger charge is 2.23. The van der Waals surface area contributed by atoms with Crippen LogP contribution in [0.2, 0.25) is 0 Å². The predicted molar refractivity (Wildman–Crippen MR) is 49.0 cm³/mol. The average molecular weight is 180 g/mol. The maximum Gasteiger partial charge on any atom is 0.123 e. The van der Waals surface area contributed by atoms with Gasteiger partial charge in [-0.2, -0.15) is 0 Å². The number of hydrogen-bond acceptors (Lipinski definition) is 1. The molecule has 1 fully saturated rings. The quantitative estimate of drug-likeness (QED) is 0.703. The summed E-state index contributed by atoms with van der Waals surface area (Å²) in [7, 11) is 0.